The molecule has 0 aliphatic carbocycles. The Kier molecular flexibility index (Phi) is 16.4. The van der Waals surface area contributed by atoms with Gasteiger partial charge in [-0.2, -0.15) is 0 Å². The predicted octanol–water partition coefficient (Wildman–Crippen LogP) is 5.02. The molecule has 1 aromatic rings. The van der Waals surface area contributed by atoms with Crippen molar-refractivity contribution in [3.63, 3.8) is 0 Å². The Hall–Kier alpha value is -3.14. The minimum absolute atomic E-state index is 0.0811. The molecule has 0 radical (unpaired) electrons. The number of carbonyl (C=O) groups excluding carboxylic acids is 4. The van der Waals surface area contributed by atoms with Crippen molar-refractivity contribution in [3.05, 3.63) is 23.8 Å². The molecule has 0 heterocycles. The van der Waals surface area contributed by atoms with Crippen LogP contribution in [-0.2, 0) is 35.0 Å². The second-order valence-electron chi connectivity index (χ2n) is 9.11. The highest BCUT2D eigenvalue weighted by Gasteiger charge is 2.21. The van der Waals surface area contributed by atoms with E-state index < -0.39 is 36.2 Å². The van der Waals surface area contributed by atoms with Crippen LogP contribution in [0.5, 0.6) is 11.5 Å². The van der Waals surface area contributed by atoms with Gasteiger partial charge < -0.3 is 29.4 Å². The third kappa shape index (κ3) is 14.0. The molecule has 0 unspecified atom stereocenters. The average Bonchev–Trinajstić information content (AvgIpc) is 2.87. The van der Waals surface area contributed by atoms with Crippen molar-refractivity contribution in [1.29, 1.82) is 0 Å². The quantitative estimate of drug-likeness (QED) is 0.154. The van der Waals surface area contributed by atoms with Crippen LogP contribution in [0.25, 0.3) is 0 Å². The predicted molar refractivity (Wildman–Crippen MR) is 141 cm³/mol. The fraction of sp³-hybridized carbons (Fsp3) is 0.643. The van der Waals surface area contributed by atoms with Gasteiger partial charge in [0.15, 0.2) is 11.5 Å². The highest BCUT2D eigenvalue weighted by atomic mass is 16.7. The average molecular weight is 538 g/mol. The van der Waals surface area contributed by atoms with Gasteiger partial charge in [-0.1, -0.05) is 52.5 Å². The van der Waals surface area contributed by atoms with Crippen LogP contribution >= 0.6 is 0 Å². The number of hydrogen-bond acceptors (Lipinski definition) is 10. The number of nitrogens with two attached hydrogens (primary N) is 1. The van der Waals surface area contributed by atoms with E-state index in [0.29, 0.717) is 24.8 Å². The van der Waals surface area contributed by atoms with Crippen molar-refractivity contribution in [2.45, 2.75) is 104 Å². The Labute approximate surface area is 225 Å². The molecular formula is C28H43NO9. The summed E-state index contributed by atoms with van der Waals surface area (Å²) in [5.74, 6) is -1.30. The minimum Gasteiger partial charge on any atom is -0.461 e. The van der Waals surface area contributed by atoms with Gasteiger partial charge in [-0.25, -0.2) is 4.79 Å². The van der Waals surface area contributed by atoms with Crippen LogP contribution in [0.3, 0.4) is 0 Å². The summed E-state index contributed by atoms with van der Waals surface area (Å²) in [5, 5.41) is 0. The number of benzene rings is 1. The summed E-state index contributed by atoms with van der Waals surface area (Å²) in [6, 6.07) is 3.68. The number of esters is 3. The molecular weight excluding hydrogens is 494 g/mol. The maximum atomic E-state index is 12.4. The molecule has 10 nitrogen and oxygen atoms in total. The molecule has 0 amide bonds. The van der Waals surface area contributed by atoms with Gasteiger partial charge in [-0.15, -0.1) is 0 Å². The zero-order valence-electron chi connectivity index (χ0n) is 23.1. The first-order chi connectivity index (χ1) is 18.2. The van der Waals surface area contributed by atoms with Crippen LogP contribution in [-0.4, -0.2) is 49.4 Å². The molecule has 0 aromatic heterocycles. The third-order valence-corrected chi connectivity index (χ3v) is 5.36. The first-order valence-electron chi connectivity index (χ1n) is 13.5. The lowest BCUT2D eigenvalue weighted by Gasteiger charge is -2.16. The molecule has 10 heteroatoms. The summed E-state index contributed by atoms with van der Waals surface area (Å²) in [5.41, 5.74) is 6.61. The van der Waals surface area contributed by atoms with Crippen molar-refractivity contribution >= 4 is 24.1 Å². The maximum absolute atomic E-state index is 12.4. The summed E-state index contributed by atoms with van der Waals surface area (Å²) in [6.07, 6.45) is 4.85. The van der Waals surface area contributed by atoms with Gasteiger partial charge in [-0.05, 0) is 50.3 Å². The Morgan fingerprint density at radius 2 is 1.42 bits per heavy atom. The Balaban J connectivity index is 2.80. The molecule has 0 aliphatic heterocycles. The van der Waals surface area contributed by atoms with Gasteiger partial charge in [0.05, 0.1) is 6.61 Å². The van der Waals surface area contributed by atoms with E-state index in [-0.39, 0.29) is 44.0 Å². The molecule has 2 N–H and O–H groups in total. The molecule has 0 bridgehead atoms. The Bertz CT molecular complexity index is 887. The molecule has 0 saturated heterocycles. The maximum Gasteiger partial charge on any atom is 0.508 e. The number of hydrogen-bond donors (Lipinski definition) is 1. The van der Waals surface area contributed by atoms with Gasteiger partial charge in [0.25, 0.3) is 0 Å². The lowest BCUT2D eigenvalue weighted by molar-refractivity contribution is -0.148. The van der Waals surface area contributed by atoms with Gasteiger partial charge in [-0.3, -0.25) is 14.4 Å². The molecule has 38 heavy (non-hydrogen) atoms. The van der Waals surface area contributed by atoms with Crippen LogP contribution in [0.2, 0.25) is 0 Å². The van der Waals surface area contributed by atoms with E-state index in [9.17, 15) is 19.2 Å². The molecule has 0 spiro atoms. The topological polar surface area (TPSA) is 140 Å². The third-order valence-electron chi connectivity index (χ3n) is 5.36. The summed E-state index contributed by atoms with van der Waals surface area (Å²) >= 11 is 0. The molecule has 1 aromatic carbocycles. The SMILES string of the molecule is CCCCCC(=O)Oc1ccc(C[C@H](N)C(=O)OC[C@H](C)OC(=O)OCCC)cc1OC(=O)CCCCC. The van der Waals surface area contributed by atoms with Gasteiger partial charge >= 0.3 is 24.1 Å². The molecule has 1 rings (SSSR count). The van der Waals surface area contributed by atoms with Crippen LogP contribution in [0.1, 0.15) is 91.0 Å². The normalized spacial score (nSPS) is 12.2. The van der Waals surface area contributed by atoms with Crippen LogP contribution < -0.4 is 15.2 Å². The van der Waals surface area contributed by atoms with Gasteiger partial charge in [0.1, 0.15) is 18.8 Å². The standard InChI is InChI=1S/C28H43NO9/c1-5-8-10-12-25(30)37-23-15-14-21(18-24(23)38-26(31)13-11-9-6-2)17-22(29)27(32)35-19-20(4)36-28(33)34-16-7-3/h14-15,18,20,22H,5-13,16-17,19,29H2,1-4H3/t20-,22-/m0/s1. The second kappa shape index (κ2) is 19.0. The van der Waals surface area contributed by atoms with Crippen molar-refractivity contribution in [2.75, 3.05) is 13.2 Å². The zero-order chi connectivity index (χ0) is 28.3. The largest absolute Gasteiger partial charge is 0.508 e. The van der Waals surface area contributed by atoms with Crippen LogP contribution in [0.4, 0.5) is 4.79 Å². The van der Waals surface area contributed by atoms with E-state index in [2.05, 4.69) is 0 Å². The Morgan fingerprint density at radius 1 is 0.816 bits per heavy atom. The zero-order valence-corrected chi connectivity index (χ0v) is 23.1. The fourth-order valence-corrected chi connectivity index (χ4v) is 3.29. The summed E-state index contributed by atoms with van der Waals surface area (Å²) in [7, 11) is 0. The lowest BCUT2D eigenvalue weighted by Crippen LogP contribution is -2.36. The molecule has 0 aliphatic rings. The van der Waals surface area contributed by atoms with E-state index in [1.54, 1.807) is 13.0 Å². The van der Waals surface area contributed by atoms with E-state index in [0.717, 1.165) is 25.7 Å². The number of unbranched alkanes of at least 4 members (excludes halogenated alkanes) is 4. The smallest absolute Gasteiger partial charge is 0.461 e. The van der Waals surface area contributed by atoms with Crippen molar-refractivity contribution < 1.29 is 42.9 Å². The fourth-order valence-electron chi connectivity index (χ4n) is 3.29. The summed E-state index contributed by atoms with van der Waals surface area (Å²) in [4.78, 5) is 48.5. The molecule has 2 atom stereocenters. The van der Waals surface area contributed by atoms with E-state index in [1.807, 2.05) is 20.8 Å². The number of rotatable bonds is 18. The van der Waals surface area contributed by atoms with Gasteiger partial charge in [0.2, 0.25) is 0 Å². The van der Waals surface area contributed by atoms with Crippen LogP contribution in [0, 0.1) is 0 Å². The van der Waals surface area contributed by atoms with Crippen molar-refractivity contribution in [2.24, 2.45) is 5.73 Å². The first kappa shape index (κ1) is 32.9. The molecule has 214 valence electrons. The van der Waals surface area contributed by atoms with Crippen molar-refractivity contribution in [1.82, 2.24) is 0 Å². The lowest BCUT2D eigenvalue weighted by atomic mass is 10.1. The molecule has 0 saturated carbocycles. The van der Waals surface area contributed by atoms with Crippen LogP contribution in [0.15, 0.2) is 18.2 Å². The first-order valence-corrected chi connectivity index (χ1v) is 13.5. The number of carbonyl (C=O) groups is 4. The summed E-state index contributed by atoms with van der Waals surface area (Å²) in [6.45, 7) is 7.56. The summed E-state index contributed by atoms with van der Waals surface area (Å²) < 4.78 is 26.0. The number of ether oxygens (including phenoxy) is 5. The highest BCUT2D eigenvalue weighted by Crippen LogP contribution is 2.30. The highest BCUT2D eigenvalue weighted by molar-refractivity contribution is 5.77. The van der Waals surface area contributed by atoms with Gasteiger partial charge in [0, 0.05) is 12.8 Å². The van der Waals surface area contributed by atoms with Crippen molar-refractivity contribution in [3.8, 4) is 11.5 Å². The molecule has 0 fully saturated rings. The van der Waals surface area contributed by atoms with E-state index in [4.69, 9.17) is 29.4 Å². The second-order valence-corrected chi connectivity index (χ2v) is 9.11. The Morgan fingerprint density at radius 3 is 2.00 bits per heavy atom. The van der Waals surface area contributed by atoms with E-state index in [1.165, 1.54) is 12.1 Å². The monoisotopic (exact) mass is 537 g/mol. The van der Waals surface area contributed by atoms with E-state index >= 15 is 0 Å². The minimum atomic E-state index is -1.02.